The molecule has 0 N–H and O–H groups in total. The molecule has 0 bridgehead atoms. The van der Waals surface area contributed by atoms with Crippen molar-refractivity contribution < 1.29 is 42.2 Å². The molecule has 0 aromatic rings. The van der Waals surface area contributed by atoms with Gasteiger partial charge in [-0.05, 0) is 12.8 Å². The van der Waals surface area contributed by atoms with Crippen molar-refractivity contribution in [3.05, 3.63) is 0 Å². The van der Waals surface area contributed by atoms with Crippen molar-refractivity contribution in [3.8, 4) is 0 Å². The molecule has 0 aliphatic carbocycles. The molecule has 1 radical (unpaired) electrons. The number of carbonyl (C=O) groups excluding carboxylic acids is 2. The van der Waals surface area contributed by atoms with Crippen LogP contribution in [-0.2, 0) is 32.0 Å². The molecule has 0 unspecified atom stereocenters. The smallest absolute Gasteiger partial charge is 0.0425 e. The van der Waals surface area contributed by atoms with Crippen LogP contribution in [0.1, 0.15) is 12.8 Å². The zero-order valence-electron chi connectivity index (χ0n) is 5.37. The molecule has 0 saturated carbocycles. The van der Waals surface area contributed by atoms with Crippen molar-refractivity contribution in [3.63, 3.8) is 0 Å². The van der Waals surface area contributed by atoms with Gasteiger partial charge in [-0.3, -0.25) is 0 Å². The average Bonchev–Trinajstić information content (AvgIpc) is 1.58. The van der Waals surface area contributed by atoms with Crippen LogP contribution in [-0.4, -0.2) is 17.2 Å². The van der Waals surface area contributed by atoms with E-state index in [1.54, 1.807) is 0 Å². The third kappa shape index (κ3) is 10.0. The van der Waals surface area contributed by atoms with Gasteiger partial charge in [0.2, 0.25) is 0 Å². The second kappa shape index (κ2) is 6.72. The maximum atomic E-state index is 9.82. The van der Waals surface area contributed by atoms with Gasteiger partial charge >= 0.3 is 0 Å². The van der Waals surface area contributed by atoms with Crippen LogP contribution in [0, 0.1) is 0 Å². The Bertz CT molecular complexity index is 133. The number of carbonyl (C=O) groups is 2. The van der Waals surface area contributed by atoms with Crippen molar-refractivity contribution >= 4 is 24.6 Å². The van der Waals surface area contributed by atoms with Crippen LogP contribution in [0.2, 0.25) is 0 Å². The zero-order chi connectivity index (χ0) is 8.15. The molecule has 0 fully saturated rings. The van der Waals surface area contributed by atoms with Crippen molar-refractivity contribution in [1.82, 2.24) is 0 Å². The predicted molar refractivity (Wildman–Crippen MR) is 32.0 cm³/mol. The molecule has 11 heavy (non-hydrogen) atoms. The summed E-state index contributed by atoms with van der Waals surface area (Å²) in [4.78, 5) is 19.6. The summed E-state index contributed by atoms with van der Waals surface area (Å²) in [5, 5.41) is 18.9. The van der Waals surface area contributed by atoms with Crippen molar-refractivity contribution in [2.75, 3.05) is 0 Å². The summed E-state index contributed by atoms with van der Waals surface area (Å²) in [6.45, 7) is 0. The quantitative estimate of drug-likeness (QED) is 0.454. The largest absolute Gasteiger partial charge is 0.550 e. The van der Waals surface area contributed by atoms with E-state index in [1.807, 2.05) is 0 Å². The molecule has 4 nitrogen and oxygen atoms in total. The molecule has 0 heterocycles. The Balaban J connectivity index is 0. The van der Waals surface area contributed by atoms with E-state index in [-0.39, 0.29) is 35.2 Å². The molecule has 0 aromatic carbocycles. The molecule has 0 spiro atoms. The second-order valence-electron chi connectivity index (χ2n) is 1.81. The van der Waals surface area contributed by atoms with Gasteiger partial charge in [-0.2, -0.15) is 12.6 Å². The van der Waals surface area contributed by atoms with Gasteiger partial charge in [0.05, 0.1) is 0 Å². The third-order valence-electron chi connectivity index (χ3n) is 0.805. The third-order valence-corrected chi connectivity index (χ3v) is 1.17. The molecule has 69 valence electrons. The predicted octanol–water partition coefficient (Wildman–Crippen LogP) is -2.44. The van der Waals surface area contributed by atoms with Crippen LogP contribution in [0.3, 0.4) is 0 Å². The molecular formula is C5H6AgO4S-2. The Morgan fingerprint density at radius 2 is 1.45 bits per heavy atom. The first-order chi connectivity index (χ1) is 4.52. The summed E-state index contributed by atoms with van der Waals surface area (Å²) in [6.07, 6.45) is -0.728. The molecule has 0 aromatic heterocycles. The first kappa shape index (κ1) is 13.6. The van der Waals surface area contributed by atoms with Crippen molar-refractivity contribution in [2.24, 2.45) is 0 Å². The first-order valence-electron chi connectivity index (χ1n) is 2.60. The first-order valence-corrected chi connectivity index (χ1v) is 3.11. The summed E-state index contributed by atoms with van der Waals surface area (Å²) in [7, 11) is 0. The SMILES string of the molecule is O=C([O-])CC(S)CC(=O)[O-].[Ag]. The summed E-state index contributed by atoms with van der Waals surface area (Å²) >= 11 is 3.67. The Morgan fingerprint density at radius 3 is 1.64 bits per heavy atom. The van der Waals surface area contributed by atoms with Gasteiger partial charge in [-0.25, -0.2) is 0 Å². The van der Waals surface area contributed by atoms with Gasteiger partial charge < -0.3 is 19.8 Å². The molecule has 0 aliphatic rings. The number of carboxylic acid groups (broad SMARTS) is 2. The fraction of sp³-hybridized carbons (Fsp3) is 0.600. The van der Waals surface area contributed by atoms with Crippen LogP contribution in [0.25, 0.3) is 0 Å². The van der Waals surface area contributed by atoms with E-state index in [9.17, 15) is 19.8 Å². The van der Waals surface area contributed by atoms with Crippen molar-refractivity contribution in [2.45, 2.75) is 18.1 Å². The van der Waals surface area contributed by atoms with Crippen LogP contribution in [0.15, 0.2) is 0 Å². The number of carboxylic acids is 2. The van der Waals surface area contributed by atoms with E-state index in [1.165, 1.54) is 0 Å². The van der Waals surface area contributed by atoms with Gasteiger partial charge in [0, 0.05) is 39.6 Å². The fourth-order valence-corrected chi connectivity index (χ4v) is 0.755. The van der Waals surface area contributed by atoms with Crippen molar-refractivity contribution in [1.29, 1.82) is 0 Å². The van der Waals surface area contributed by atoms with E-state index in [4.69, 9.17) is 0 Å². The monoisotopic (exact) mass is 269 g/mol. The Morgan fingerprint density at radius 1 is 1.18 bits per heavy atom. The molecule has 0 amide bonds. The van der Waals surface area contributed by atoms with Crippen LogP contribution >= 0.6 is 12.6 Å². The minimum absolute atomic E-state index is 0. The fourth-order valence-electron chi connectivity index (χ4n) is 0.457. The topological polar surface area (TPSA) is 80.3 Å². The number of thiol groups is 1. The summed E-state index contributed by atoms with van der Waals surface area (Å²) < 4.78 is 0. The molecular weight excluding hydrogens is 264 g/mol. The average molecular weight is 270 g/mol. The molecule has 0 aliphatic heterocycles. The summed E-state index contributed by atoms with van der Waals surface area (Å²) in [5.74, 6) is -2.61. The van der Waals surface area contributed by atoms with Crippen LogP contribution in [0.5, 0.6) is 0 Å². The van der Waals surface area contributed by atoms with Crippen LogP contribution in [0.4, 0.5) is 0 Å². The molecule has 6 heteroatoms. The van der Waals surface area contributed by atoms with Gasteiger partial charge in [0.15, 0.2) is 0 Å². The van der Waals surface area contributed by atoms with E-state index >= 15 is 0 Å². The minimum atomic E-state index is -1.30. The number of hydrogen-bond donors (Lipinski definition) is 1. The van der Waals surface area contributed by atoms with E-state index in [0.717, 1.165) is 0 Å². The maximum Gasteiger partial charge on any atom is 0.0425 e. The normalized spacial score (nSPS) is 8.91. The summed E-state index contributed by atoms with van der Waals surface area (Å²) in [5.41, 5.74) is 0. The van der Waals surface area contributed by atoms with Gasteiger partial charge in [0.25, 0.3) is 0 Å². The Labute approximate surface area is 84.9 Å². The number of rotatable bonds is 4. The second-order valence-corrected chi connectivity index (χ2v) is 2.54. The van der Waals surface area contributed by atoms with Gasteiger partial charge in [-0.15, -0.1) is 0 Å². The van der Waals surface area contributed by atoms with Gasteiger partial charge in [-0.1, -0.05) is 0 Å². The molecule has 0 rings (SSSR count). The number of hydrogen-bond acceptors (Lipinski definition) is 5. The van der Waals surface area contributed by atoms with E-state index in [0.29, 0.717) is 0 Å². The zero-order valence-corrected chi connectivity index (χ0v) is 7.75. The van der Waals surface area contributed by atoms with E-state index < -0.39 is 17.2 Å². The number of aliphatic carboxylic acids is 2. The Kier molecular flexibility index (Phi) is 8.32. The molecule has 0 atom stereocenters. The standard InChI is InChI=1S/C5H8O4S.Ag/c6-4(7)1-3(10)2-5(8)9;/h3,10H,1-2H2,(H,6,7)(H,8,9);/p-2. The minimum Gasteiger partial charge on any atom is -0.550 e. The van der Waals surface area contributed by atoms with Gasteiger partial charge in [0.1, 0.15) is 0 Å². The Hall–Kier alpha value is 0.0303. The summed E-state index contributed by atoms with van der Waals surface area (Å²) in [6, 6.07) is 0. The maximum absolute atomic E-state index is 9.82. The molecule has 0 saturated heterocycles. The van der Waals surface area contributed by atoms with Crippen LogP contribution < -0.4 is 10.2 Å². The van der Waals surface area contributed by atoms with E-state index in [2.05, 4.69) is 12.6 Å².